The first kappa shape index (κ1) is 23.5. The average Bonchev–Trinajstić information content (AvgIpc) is 3.12. The number of amides is 1. The fourth-order valence-electron chi connectivity index (χ4n) is 3.39. The van der Waals surface area contributed by atoms with Crippen LogP contribution in [0.2, 0.25) is 0 Å². The van der Waals surface area contributed by atoms with Gasteiger partial charge in [-0.25, -0.2) is 8.42 Å². The van der Waals surface area contributed by atoms with E-state index in [0.29, 0.717) is 16.3 Å². The van der Waals surface area contributed by atoms with Crippen LogP contribution < -0.4 is 19.0 Å². The normalized spacial score (nSPS) is 12.1. The van der Waals surface area contributed by atoms with Crippen LogP contribution in [0.25, 0.3) is 10.2 Å². The molecule has 3 aromatic carbocycles. The van der Waals surface area contributed by atoms with Gasteiger partial charge in [-0.15, -0.1) is 0 Å². The quantitative estimate of drug-likeness (QED) is 0.432. The molecule has 1 aromatic heterocycles. The predicted octanol–water partition coefficient (Wildman–Crippen LogP) is 4.11. The first-order valence-electron chi connectivity index (χ1n) is 10.2. The van der Waals surface area contributed by atoms with E-state index >= 15 is 0 Å². The van der Waals surface area contributed by atoms with Gasteiger partial charge in [0.1, 0.15) is 0 Å². The molecule has 8 nitrogen and oxygen atoms in total. The molecule has 4 rings (SSSR count). The number of thiazole rings is 1. The Morgan fingerprint density at radius 3 is 2.32 bits per heavy atom. The van der Waals surface area contributed by atoms with E-state index in [2.05, 4.69) is 9.71 Å². The van der Waals surface area contributed by atoms with Crippen molar-refractivity contribution in [1.82, 2.24) is 4.57 Å². The molecule has 0 saturated heterocycles. The van der Waals surface area contributed by atoms with Crippen LogP contribution >= 0.6 is 11.3 Å². The lowest BCUT2D eigenvalue weighted by Crippen LogP contribution is -2.17. The Balaban J connectivity index is 1.73. The number of para-hydroxylation sites is 1. The van der Waals surface area contributed by atoms with Crippen LogP contribution in [0.15, 0.2) is 70.6 Å². The lowest BCUT2D eigenvalue weighted by molar-refractivity contribution is 0.0999. The number of hydrogen-bond acceptors (Lipinski definition) is 6. The van der Waals surface area contributed by atoms with Crippen molar-refractivity contribution in [2.45, 2.75) is 11.8 Å². The molecular weight excluding hydrogens is 474 g/mol. The zero-order valence-electron chi connectivity index (χ0n) is 19.0. The van der Waals surface area contributed by atoms with E-state index in [4.69, 9.17) is 9.47 Å². The smallest absolute Gasteiger partial charge is 0.281 e. The molecule has 0 unspecified atom stereocenters. The van der Waals surface area contributed by atoms with E-state index in [-0.39, 0.29) is 16.1 Å². The number of rotatable bonds is 6. The molecule has 1 N–H and O–H groups in total. The number of nitrogens with zero attached hydrogens (tertiary/aromatic N) is 2. The van der Waals surface area contributed by atoms with Crippen LogP contribution in [0.4, 0.5) is 5.69 Å². The highest BCUT2D eigenvalue weighted by Gasteiger charge is 2.19. The number of aromatic nitrogens is 1. The lowest BCUT2D eigenvalue weighted by Gasteiger charge is -2.11. The molecule has 0 fully saturated rings. The van der Waals surface area contributed by atoms with Crippen molar-refractivity contribution in [1.29, 1.82) is 0 Å². The van der Waals surface area contributed by atoms with E-state index in [1.165, 1.54) is 35.6 Å². The van der Waals surface area contributed by atoms with Gasteiger partial charge >= 0.3 is 0 Å². The molecule has 4 aromatic rings. The first-order chi connectivity index (χ1) is 16.2. The minimum Gasteiger partial charge on any atom is -0.493 e. The van der Waals surface area contributed by atoms with Crippen molar-refractivity contribution in [3.63, 3.8) is 0 Å². The Hall–Kier alpha value is -3.63. The van der Waals surface area contributed by atoms with Gasteiger partial charge in [-0.3, -0.25) is 9.52 Å². The SMILES string of the molecule is COc1cc2sc(=NC(=O)c3ccccc3NS(=O)(=O)c3ccc(C)cc3)n(C)c2cc1OC. The van der Waals surface area contributed by atoms with Crippen molar-refractivity contribution in [2.75, 3.05) is 18.9 Å². The second-order valence-corrected chi connectivity index (χ2v) is 10.2. The topological polar surface area (TPSA) is 99.0 Å². The highest BCUT2D eigenvalue weighted by atomic mass is 32.2. The molecule has 0 radical (unpaired) electrons. The molecule has 0 spiro atoms. The van der Waals surface area contributed by atoms with Crippen LogP contribution in [0.3, 0.4) is 0 Å². The first-order valence-corrected chi connectivity index (χ1v) is 12.5. The highest BCUT2D eigenvalue weighted by Crippen LogP contribution is 2.33. The van der Waals surface area contributed by atoms with Crippen molar-refractivity contribution >= 4 is 43.2 Å². The largest absolute Gasteiger partial charge is 0.493 e. The Labute approximate surface area is 201 Å². The van der Waals surface area contributed by atoms with Gasteiger partial charge in [0.15, 0.2) is 16.3 Å². The van der Waals surface area contributed by atoms with Crippen LogP contribution in [0.5, 0.6) is 11.5 Å². The van der Waals surface area contributed by atoms with Gasteiger partial charge in [0.05, 0.1) is 40.6 Å². The number of benzene rings is 3. The van der Waals surface area contributed by atoms with E-state index in [9.17, 15) is 13.2 Å². The zero-order chi connectivity index (χ0) is 24.5. The Morgan fingerprint density at radius 2 is 1.65 bits per heavy atom. The summed E-state index contributed by atoms with van der Waals surface area (Å²) in [6.07, 6.45) is 0. The monoisotopic (exact) mass is 497 g/mol. The summed E-state index contributed by atoms with van der Waals surface area (Å²) in [6, 6.07) is 16.5. The molecule has 0 atom stereocenters. The number of nitrogens with one attached hydrogen (secondary N) is 1. The van der Waals surface area contributed by atoms with Gasteiger partial charge in [0, 0.05) is 19.2 Å². The van der Waals surface area contributed by atoms with Crippen LogP contribution in [0.1, 0.15) is 15.9 Å². The van der Waals surface area contributed by atoms with Crippen molar-refractivity contribution in [2.24, 2.45) is 12.0 Å². The maximum absolute atomic E-state index is 13.1. The predicted molar refractivity (Wildman–Crippen MR) is 132 cm³/mol. The molecule has 1 heterocycles. The van der Waals surface area contributed by atoms with E-state index < -0.39 is 15.9 Å². The number of methoxy groups -OCH3 is 2. The van der Waals surface area contributed by atoms with Crippen LogP contribution in [-0.4, -0.2) is 33.1 Å². The van der Waals surface area contributed by atoms with Crippen molar-refractivity contribution in [3.05, 3.63) is 76.6 Å². The molecular formula is C24H23N3O5S2. The third-order valence-electron chi connectivity index (χ3n) is 5.24. The third kappa shape index (κ3) is 4.55. The zero-order valence-corrected chi connectivity index (χ0v) is 20.7. The Morgan fingerprint density at radius 1 is 1.00 bits per heavy atom. The summed E-state index contributed by atoms with van der Waals surface area (Å²) in [5.74, 6) is 0.575. The second kappa shape index (κ2) is 9.32. The van der Waals surface area contributed by atoms with Gasteiger partial charge in [0.2, 0.25) is 0 Å². The van der Waals surface area contributed by atoms with Gasteiger partial charge in [-0.1, -0.05) is 41.2 Å². The minimum atomic E-state index is -3.88. The number of fused-ring (bicyclic) bond motifs is 1. The molecule has 0 aliphatic heterocycles. The molecule has 1 amide bonds. The molecule has 176 valence electrons. The Bertz CT molecular complexity index is 1550. The van der Waals surface area contributed by atoms with Crippen molar-refractivity contribution in [3.8, 4) is 11.5 Å². The minimum absolute atomic E-state index is 0.107. The van der Waals surface area contributed by atoms with Crippen LogP contribution in [-0.2, 0) is 17.1 Å². The fraction of sp³-hybridized carbons (Fsp3) is 0.167. The number of aryl methyl sites for hydroxylation is 2. The van der Waals surface area contributed by atoms with E-state index in [1.807, 2.05) is 19.1 Å². The van der Waals surface area contributed by atoms with Crippen LogP contribution in [0, 0.1) is 6.92 Å². The molecule has 0 saturated carbocycles. The van der Waals surface area contributed by atoms with E-state index in [1.54, 1.807) is 50.1 Å². The summed E-state index contributed by atoms with van der Waals surface area (Å²) in [5, 5.41) is 0. The van der Waals surface area contributed by atoms with Gasteiger partial charge < -0.3 is 14.0 Å². The van der Waals surface area contributed by atoms with Gasteiger partial charge in [0.25, 0.3) is 15.9 Å². The van der Waals surface area contributed by atoms with Gasteiger partial charge in [-0.2, -0.15) is 4.99 Å². The number of carbonyl (C=O) groups excluding carboxylic acids is 1. The Kier molecular flexibility index (Phi) is 6.45. The second-order valence-electron chi connectivity index (χ2n) is 7.50. The maximum Gasteiger partial charge on any atom is 0.281 e. The molecule has 34 heavy (non-hydrogen) atoms. The van der Waals surface area contributed by atoms with E-state index in [0.717, 1.165) is 15.8 Å². The molecule has 0 aliphatic carbocycles. The third-order valence-corrected chi connectivity index (χ3v) is 7.72. The van der Waals surface area contributed by atoms with Crippen molar-refractivity contribution < 1.29 is 22.7 Å². The number of sulfonamides is 1. The van der Waals surface area contributed by atoms with Gasteiger partial charge in [-0.05, 0) is 31.2 Å². The summed E-state index contributed by atoms with van der Waals surface area (Å²) < 4.78 is 41.6. The number of hydrogen-bond donors (Lipinski definition) is 1. The summed E-state index contributed by atoms with van der Waals surface area (Å²) in [5.41, 5.74) is 2.07. The number of anilines is 1. The fourth-order valence-corrected chi connectivity index (χ4v) is 5.49. The number of ether oxygens (including phenoxy) is 2. The molecule has 10 heteroatoms. The summed E-state index contributed by atoms with van der Waals surface area (Å²) in [7, 11) is 1.03. The number of carbonyl (C=O) groups is 1. The lowest BCUT2D eigenvalue weighted by atomic mass is 10.2. The molecule has 0 bridgehead atoms. The summed E-state index contributed by atoms with van der Waals surface area (Å²) in [4.78, 5) is 18.0. The average molecular weight is 498 g/mol. The summed E-state index contributed by atoms with van der Waals surface area (Å²) in [6.45, 7) is 1.87. The maximum atomic E-state index is 13.1. The standard InChI is InChI=1S/C24H23N3O5S2/c1-15-9-11-16(12-10-15)34(29,30)26-18-8-6-5-7-17(18)23(28)25-24-27(2)19-13-20(31-3)21(32-4)14-22(19)33-24/h5-14,26H,1-4H3. The highest BCUT2D eigenvalue weighted by molar-refractivity contribution is 7.92. The molecule has 0 aliphatic rings. The summed E-state index contributed by atoms with van der Waals surface area (Å²) >= 11 is 1.31.